The molecule has 0 amide bonds. The normalized spacial score (nSPS) is 52.1. The molecule has 14 nitrogen and oxygen atoms in total. The maximum atomic E-state index is 10.9. The van der Waals surface area contributed by atoms with Crippen LogP contribution in [0.15, 0.2) is 24.0 Å². The molecule has 2 fully saturated rings. The highest BCUT2D eigenvalue weighted by molar-refractivity contribution is 5.33. The molecular weight excluding hydrogens is 476 g/mol. The Hall–Kier alpha value is -1.24. The smallest absolute Gasteiger partial charge is 0.211 e. The first-order chi connectivity index (χ1) is 16.5. The molecule has 0 aromatic carbocycles. The van der Waals surface area contributed by atoms with Gasteiger partial charge in [-0.05, 0) is 13.0 Å². The van der Waals surface area contributed by atoms with E-state index in [0.29, 0.717) is 5.57 Å². The van der Waals surface area contributed by atoms with E-state index in [2.05, 4.69) is 0 Å². The molecule has 14 heteroatoms. The zero-order chi connectivity index (χ0) is 25.7. The molecule has 0 radical (unpaired) electrons. The van der Waals surface area contributed by atoms with Crippen molar-refractivity contribution in [2.75, 3.05) is 13.2 Å². The lowest BCUT2D eigenvalue weighted by Gasteiger charge is -2.48. The van der Waals surface area contributed by atoms with Crippen molar-refractivity contribution >= 4 is 0 Å². The largest absolute Gasteiger partial charge is 0.472 e. The van der Waals surface area contributed by atoms with Crippen LogP contribution in [0.5, 0.6) is 0 Å². The van der Waals surface area contributed by atoms with Crippen LogP contribution < -0.4 is 0 Å². The Morgan fingerprint density at radius 1 is 0.771 bits per heavy atom. The van der Waals surface area contributed by atoms with Crippen molar-refractivity contribution in [3.8, 4) is 0 Å². The van der Waals surface area contributed by atoms with Crippen LogP contribution in [0.4, 0.5) is 0 Å². The number of aliphatic hydroxyl groups excluding tert-OH is 9. The second-order valence-corrected chi connectivity index (χ2v) is 9.14. The van der Waals surface area contributed by atoms with E-state index in [9.17, 15) is 46.0 Å². The van der Waals surface area contributed by atoms with Gasteiger partial charge < -0.3 is 69.6 Å². The molecule has 3 heterocycles. The van der Waals surface area contributed by atoms with E-state index in [-0.39, 0.29) is 0 Å². The first-order valence-corrected chi connectivity index (χ1v) is 11.2. The van der Waals surface area contributed by atoms with Crippen LogP contribution in [0.1, 0.15) is 6.92 Å². The Balaban J connectivity index is 1.58. The molecule has 0 aromatic rings. The summed E-state index contributed by atoms with van der Waals surface area (Å²) in [6, 6.07) is 0. The summed E-state index contributed by atoms with van der Waals surface area (Å²) in [5, 5.41) is 90.7. The Morgan fingerprint density at radius 2 is 1.31 bits per heavy atom. The Kier molecular flexibility index (Phi) is 7.86. The van der Waals surface area contributed by atoms with E-state index >= 15 is 0 Å². The summed E-state index contributed by atoms with van der Waals surface area (Å²) in [5.74, 6) is -0.928. The molecule has 0 bridgehead atoms. The first kappa shape index (κ1) is 26.8. The minimum Gasteiger partial charge on any atom is -0.472 e. The molecule has 0 spiro atoms. The minimum atomic E-state index is -1.74. The van der Waals surface area contributed by atoms with E-state index in [1.165, 1.54) is 12.2 Å². The van der Waals surface area contributed by atoms with Crippen LogP contribution in [0.2, 0.25) is 0 Å². The number of hydrogen-bond donors (Lipinski definition) is 9. The lowest BCUT2D eigenvalue weighted by atomic mass is 9.83. The highest BCUT2D eigenvalue weighted by atomic mass is 16.8. The summed E-state index contributed by atoms with van der Waals surface area (Å²) in [4.78, 5) is 0. The van der Waals surface area contributed by atoms with Gasteiger partial charge in [-0.1, -0.05) is 11.6 Å². The molecule has 3 aliphatic heterocycles. The fourth-order valence-electron chi connectivity index (χ4n) is 4.92. The number of aliphatic hydroxyl groups is 9. The predicted octanol–water partition coefficient (Wildman–Crippen LogP) is -4.83. The van der Waals surface area contributed by atoms with Crippen molar-refractivity contribution in [1.82, 2.24) is 0 Å². The molecule has 4 aliphatic rings. The first-order valence-electron chi connectivity index (χ1n) is 11.2. The number of hydrogen-bond acceptors (Lipinski definition) is 14. The molecule has 14 atom stereocenters. The standard InChI is InChI=1S/C21H32O14/c1-7-4-10(24)21(35-20-17(30)15(28)13(26)9(6-23)33-20)2-3-31-18(11(7)21)34-19-16(29)14(27)12(25)8(5-22)32-19/h2-4,8-20,22-30H,5-6H2,1H3/t8-,9-,10-,11+,12-,13-,14+,15+,16-,17-,18+,19+,20+,21-/m1/s1. The predicted molar refractivity (Wildman–Crippen MR) is 110 cm³/mol. The van der Waals surface area contributed by atoms with Crippen molar-refractivity contribution in [2.45, 2.75) is 86.3 Å². The molecule has 0 aromatic heterocycles. The zero-order valence-corrected chi connectivity index (χ0v) is 18.7. The van der Waals surface area contributed by atoms with Gasteiger partial charge in [-0.2, -0.15) is 0 Å². The van der Waals surface area contributed by atoms with Gasteiger partial charge in [0, 0.05) is 0 Å². The average molecular weight is 508 g/mol. The maximum absolute atomic E-state index is 10.9. The zero-order valence-electron chi connectivity index (χ0n) is 18.7. The van der Waals surface area contributed by atoms with Crippen LogP contribution in [-0.4, -0.2) is 139 Å². The third-order valence-electron chi connectivity index (χ3n) is 6.96. The maximum Gasteiger partial charge on any atom is 0.211 e. The number of rotatable bonds is 6. The van der Waals surface area contributed by atoms with Gasteiger partial charge in [-0.3, -0.25) is 0 Å². The summed E-state index contributed by atoms with van der Waals surface area (Å²) in [7, 11) is 0. The van der Waals surface area contributed by atoms with Gasteiger partial charge in [0.05, 0.1) is 25.4 Å². The van der Waals surface area contributed by atoms with E-state index in [4.69, 9.17) is 23.7 Å². The summed E-state index contributed by atoms with van der Waals surface area (Å²) in [5.41, 5.74) is -1.16. The van der Waals surface area contributed by atoms with Crippen LogP contribution in [0.25, 0.3) is 0 Å². The van der Waals surface area contributed by atoms with Gasteiger partial charge in [0.2, 0.25) is 6.29 Å². The Morgan fingerprint density at radius 3 is 1.89 bits per heavy atom. The molecule has 35 heavy (non-hydrogen) atoms. The van der Waals surface area contributed by atoms with Gasteiger partial charge >= 0.3 is 0 Å². The summed E-state index contributed by atoms with van der Waals surface area (Å²) in [6.45, 7) is 0.294. The van der Waals surface area contributed by atoms with Crippen molar-refractivity contribution in [3.63, 3.8) is 0 Å². The molecule has 9 N–H and O–H groups in total. The SMILES string of the molecule is CC1=C[C@@H](O)[C@]2(O[C@@H]3O[C@H](CO)[C@@H](O)[C@H](O)[C@H]3O)C=CO[C@@H](O[C@@H]3O[C@H](CO)[C@@H](O)[C@H](O)[C@H]3O)[C@H]12. The fraction of sp³-hybridized carbons (Fsp3) is 0.810. The van der Waals surface area contributed by atoms with E-state index < -0.39 is 98.5 Å². The van der Waals surface area contributed by atoms with E-state index in [0.717, 1.165) is 6.26 Å². The fourth-order valence-corrected chi connectivity index (χ4v) is 4.92. The molecule has 0 unspecified atom stereocenters. The molecular formula is C21H32O14. The third-order valence-corrected chi connectivity index (χ3v) is 6.96. The number of fused-ring (bicyclic) bond motifs is 1. The molecule has 0 saturated carbocycles. The van der Waals surface area contributed by atoms with Crippen LogP contribution in [0.3, 0.4) is 0 Å². The van der Waals surface area contributed by atoms with Crippen molar-refractivity contribution in [3.05, 3.63) is 24.0 Å². The lowest BCUT2D eigenvalue weighted by Crippen LogP contribution is -2.64. The highest BCUT2D eigenvalue weighted by Crippen LogP contribution is 2.47. The lowest BCUT2D eigenvalue weighted by molar-refractivity contribution is -0.362. The monoisotopic (exact) mass is 508 g/mol. The van der Waals surface area contributed by atoms with Crippen LogP contribution in [0, 0.1) is 5.92 Å². The van der Waals surface area contributed by atoms with Gasteiger partial charge in [0.25, 0.3) is 0 Å². The van der Waals surface area contributed by atoms with Gasteiger partial charge in [-0.25, -0.2) is 0 Å². The quantitative estimate of drug-likeness (QED) is 0.153. The summed E-state index contributed by atoms with van der Waals surface area (Å²) in [6.07, 6.45) is -14.3. The number of ether oxygens (including phenoxy) is 5. The van der Waals surface area contributed by atoms with Gasteiger partial charge in [0.1, 0.15) is 60.5 Å². The molecule has 4 rings (SSSR count). The summed E-state index contributed by atoms with van der Waals surface area (Å²) < 4.78 is 28.1. The van der Waals surface area contributed by atoms with Crippen LogP contribution in [-0.2, 0) is 23.7 Å². The Bertz CT molecular complexity index is 803. The molecule has 200 valence electrons. The van der Waals surface area contributed by atoms with Gasteiger partial charge in [0.15, 0.2) is 12.6 Å². The second kappa shape index (κ2) is 10.3. The Labute approximate surface area is 199 Å². The van der Waals surface area contributed by atoms with Gasteiger partial charge in [-0.15, -0.1) is 0 Å². The highest BCUT2D eigenvalue weighted by Gasteiger charge is 2.59. The van der Waals surface area contributed by atoms with Crippen molar-refractivity contribution in [2.24, 2.45) is 5.92 Å². The summed E-state index contributed by atoms with van der Waals surface area (Å²) >= 11 is 0. The molecule has 1 aliphatic carbocycles. The van der Waals surface area contributed by atoms with Crippen molar-refractivity contribution < 1.29 is 69.6 Å². The van der Waals surface area contributed by atoms with Crippen molar-refractivity contribution in [1.29, 1.82) is 0 Å². The topological polar surface area (TPSA) is 228 Å². The van der Waals surface area contributed by atoms with Crippen LogP contribution >= 0.6 is 0 Å². The average Bonchev–Trinajstić information content (AvgIpc) is 3.09. The second-order valence-electron chi connectivity index (χ2n) is 9.14. The van der Waals surface area contributed by atoms with E-state index in [1.54, 1.807) is 6.92 Å². The molecule has 2 saturated heterocycles. The minimum absolute atomic E-state index is 0.515. The van der Waals surface area contributed by atoms with E-state index in [1.807, 2.05) is 0 Å². The third kappa shape index (κ3) is 4.53.